The molecule has 0 saturated carbocycles. The van der Waals surface area contributed by atoms with Crippen LogP contribution in [0.4, 0.5) is 10.6 Å². The first kappa shape index (κ1) is 16.6. The van der Waals surface area contributed by atoms with Crippen molar-refractivity contribution in [3.63, 3.8) is 0 Å². The van der Waals surface area contributed by atoms with Crippen LogP contribution < -0.4 is 10.2 Å². The molecule has 18 heavy (non-hydrogen) atoms. The Hall–Kier alpha value is -1.36. The van der Waals surface area contributed by atoms with Crippen molar-refractivity contribution in [1.82, 2.24) is 15.3 Å². The van der Waals surface area contributed by atoms with Crippen LogP contribution in [0.3, 0.4) is 0 Å². The third-order valence-electron chi connectivity index (χ3n) is 1.74. The molecule has 0 bridgehead atoms. The van der Waals surface area contributed by atoms with Crippen molar-refractivity contribution in [2.75, 3.05) is 18.0 Å². The monoisotopic (exact) mass is 272 g/mol. The molecule has 1 aliphatic rings. The Morgan fingerprint density at radius 1 is 1.44 bits per heavy atom. The van der Waals surface area contributed by atoms with E-state index < -0.39 is 0 Å². The van der Waals surface area contributed by atoms with Gasteiger partial charge in [-0.1, -0.05) is 34.1 Å². The predicted octanol–water partition coefficient (Wildman–Crippen LogP) is 3.10. The summed E-state index contributed by atoms with van der Waals surface area (Å²) < 4.78 is 0. The van der Waals surface area contributed by atoms with Gasteiger partial charge in [0, 0.05) is 19.3 Å². The summed E-state index contributed by atoms with van der Waals surface area (Å²) in [5.74, 6) is 0.537. The average Bonchev–Trinajstić information content (AvgIpc) is 2.79. The van der Waals surface area contributed by atoms with Crippen LogP contribution in [-0.4, -0.2) is 29.1 Å². The fourth-order valence-electron chi connectivity index (χ4n) is 1.17. The maximum atomic E-state index is 11.2. The second-order valence-electron chi connectivity index (χ2n) is 3.27. The topological polar surface area (TPSA) is 58.1 Å². The Kier molecular flexibility index (Phi) is 8.92. The number of aromatic nitrogens is 2. The van der Waals surface area contributed by atoms with Crippen LogP contribution in [0, 0.1) is 0 Å². The van der Waals surface area contributed by atoms with E-state index in [1.54, 1.807) is 6.07 Å². The van der Waals surface area contributed by atoms with Crippen molar-refractivity contribution in [3.05, 3.63) is 17.5 Å². The van der Waals surface area contributed by atoms with E-state index in [9.17, 15) is 4.79 Å². The summed E-state index contributed by atoms with van der Waals surface area (Å²) in [7, 11) is 0. The second kappa shape index (κ2) is 9.65. The number of halogens is 1. The summed E-state index contributed by atoms with van der Waals surface area (Å²) in [6, 6.07) is 1.51. The van der Waals surface area contributed by atoms with Gasteiger partial charge in [-0.2, -0.15) is 0 Å². The molecule has 0 unspecified atom stereocenters. The normalized spacial score (nSPS) is 12.9. The first-order valence-corrected chi connectivity index (χ1v) is 6.60. The van der Waals surface area contributed by atoms with Crippen LogP contribution in [0.5, 0.6) is 0 Å². The predicted molar refractivity (Wildman–Crippen MR) is 75.1 cm³/mol. The Balaban J connectivity index is 0.000000509. The summed E-state index contributed by atoms with van der Waals surface area (Å²) >= 11 is 5.59. The van der Waals surface area contributed by atoms with Gasteiger partial charge in [0.05, 0.1) is 0 Å². The fraction of sp³-hybridized carbons (Fsp3) is 0.583. The largest absolute Gasteiger partial charge is 0.336 e. The van der Waals surface area contributed by atoms with Gasteiger partial charge in [-0.15, -0.1) is 0 Å². The van der Waals surface area contributed by atoms with Crippen molar-refractivity contribution in [2.24, 2.45) is 0 Å². The van der Waals surface area contributed by atoms with Crippen LogP contribution >= 0.6 is 11.6 Å². The molecule has 6 heteroatoms. The van der Waals surface area contributed by atoms with Gasteiger partial charge < -0.3 is 5.32 Å². The molecule has 0 aliphatic carbocycles. The highest BCUT2D eigenvalue weighted by Gasteiger charge is 2.22. The molecule has 2 rings (SSSR count). The molecule has 1 saturated heterocycles. The smallest absolute Gasteiger partial charge is 0.323 e. The number of nitrogens with one attached hydrogen (secondary N) is 1. The lowest BCUT2D eigenvalue weighted by Gasteiger charge is -2.11. The molecule has 0 spiro atoms. The highest BCUT2D eigenvalue weighted by Crippen LogP contribution is 2.13. The minimum Gasteiger partial charge on any atom is -0.336 e. The molecule has 0 atom stereocenters. The number of carbonyl (C=O) groups excluding carboxylic acids is 1. The minimum absolute atomic E-state index is 0.144. The van der Waals surface area contributed by atoms with Crippen molar-refractivity contribution < 1.29 is 4.79 Å². The van der Waals surface area contributed by atoms with E-state index in [0.717, 1.165) is 0 Å². The molecule has 1 aliphatic heterocycles. The number of amides is 2. The molecule has 1 aromatic heterocycles. The second-order valence-corrected chi connectivity index (χ2v) is 3.61. The summed E-state index contributed by atoms with van der Waals surface area (Å²) in [6.45, 7) is 9.51. The zero-order valence-corrected chi connectivity index (χ0v) is 12.2. The maximum Gasteiger partial charge on any atom is 0.323 e. The van der Waals surface area contributed by atoms with Crippen molar-refractivity contribution in [3.8, 4) is 0 Å². The number of carbonyl (C=O) groups is 1. The molecule has 102 valence electrons. The van der Waals surface area contributed by atoms with Gasteiger partial charge in [0.2, 0.25) is 5.28 Å². The molecule has 1 N–H and O–H groups in total. The van der Waals surface area contributed by atoms with E-state index in [2.05, 4.69) is 29.1 Å². The molecule has 1 aromatic rings. The first-order chi connectivity index (χ1) is 8.69. The van der Waals surface area contributed by atoms with E-state index in [1.807, 2.05) is 13.8 Å². The Bertz CT molecular complexity index is 360. The van der Waals surface area contributed by atoms with Gasteiger partial charge >= 0.3 is 6.03 Å². The molecule has 0 radical (unpaired) electrons. The van der Waals surface area contributed by atoms with Gasteiger partial charge in [0.15, 0.2) is 0 Å². The van der Waals surface area contributed by atoms with Crippen LogP contribution in [0.2, 0.25) is 5.28 Å². The van der Waals surface area contributed by atoms with Crippen molar-refractivity contribution in [2.45, 2.75) is 34.1 Å². The van der Waals surface area contributed by atoms with Gasteiger partial charge in [0.25, 0.3) is 0 Å². The van der Waals surface area contributed by atoms with Gasteiger partial charge in [0.1, 0.15) is 5.82 Å². The van der Waals surface area contributed by atoms with Crippen molar-refractivity contribution in [1.29, 1.82) is 0 Å². The zero-order valence-electron chi connectivity index (χ0n) is 11.4. The third kappa shape index (κ3) is 5.31. The summed E-state index contributed by atoms with van der Waals surface area (Å²) in [6.07, 6.45) is 2.77. The quantitative estimate of drug-likeness (QED) is 0.799. The third-order valence-corrected chi connectivity index (χ3v) is 1.93. The fourth-order valence-corrected chi connectivity index (χ4v) is 1.31. The lowest BCUT2D eigenvalue weighted by molar-refractivity contribution is 0.252. The summed E-state index contributed by atoms with van der Waals surface area (Å²) in [5.41, 5.74) is 0. The number of hydrogen-bond acceptors (Lipinski definition) is 3. The number of nitrogens with zero attached hydrogens (tertiary/aromatic N) is 3. The van der Waals surface area contributed by atoms with Crippen molar-refractivity contribution >= 4 is 23.4 Å². The van der Waals surface area contributed by atoms with E-state index in [4.69, 9.17) is 11.6 Å². The molecule has 2 heterocycles. The standard InChI is InChI=1S/C7H7ClN4O.C3H8.C2H6/c8-6-9-2-1-5(11-6)12-4-3-10-7(12)13;1-3-2;1-2/h1-2H,3-4H2,(H,10,13);3H2,1-2H3;1-2H3. The van der Waals surface area contributed by atoms with E-state index in [1.165, 1.54) is 17.5 Å². The van der Waals surface area contributed by atoms with Gasteiger partial charge in [-0.25, -0.2) is 14.8 Å². The van der Waals surface area contributed by atoms with Crippen LogP contribution in [0.1, 0.15) is 34.1 Å². The van der Waals surface area contributed by atoms with Crippen LogP contribution in [0.15, 0.2) is 12.3 Å². The number of anilines is 1. The Labute approximate surface area is 114 Å². The molecular weight excluding hydrogens is 252 g/mol. The number of urea groups is 1. The van der Waals surface area contributed by atoms with E-state index in [-0.39, 0.29) is 11.3 Å². The van der Waals surface area contributed by atoms with Gasteiger partial charge in [-0.05, 0) is 17.7 Å². The van der Waals surface area contributed by atoms with E-state index in [0.29, 0.717) is 18.9 Å². The lowest BCUT2D eigenvalue weighted by atomic mass is 10.5. The summed E-state index contributed by atoms with van der Waals surface area (Å²) in [5, 5.41) is 2.82. The average molecular weight is 273 g/mol. The molecule has 0 aromatic carbocycles. The Morgan fingerprint density at radius 2 is 2.06 bits per heavy atom. The Morgan fingerprint density at radius 3 is 2.50 bits per heavy atom. The maximum absolute atomic E-state index is 11.2. The van der Waals surface area contributed by atoms with Crippen LogP contribution in [0.25, 0.3) is 0 Å². The van der Waals surface area contributed by atoms with E-state index >= 15 is 0 Å². The SMILES string of the molecule is CC.CCC.O=C1NCCN1c1ccnc(Cl)n1. The first-order valence-electron chi connectivity index (χ1n) is 6.23. The van der Waals surface area contributed by atoms with Gasteiger partial charge in [-0.3, -0.25) is 4.90 Å². The van der Waals surface area contributed by atoms with Crippen LogP contribution in [-0.2, 0) is 0 Å². The minimum atomic E-state index is -0.144. The highest BCUT2D eigenvalue weighted by molar-refractivity contribution is 6.28. The molecule has 1 fully saturated rings. The summed E-state index contributed by atoms with van der Waals surface area (Å²) in [4.78, 5) is 20.4. The number of rotatable bonds is 1. The molecule has 5 nitrogen and oxygen atoms in total. The molecular formula is C12H21ClN4O. The molecule has 2 amide bonds. The highest BCUT2D eigenvalue weighted by atomic mass is 35.5. The number of hydrogen-bond donors (Lipinski definition) is 1. The zero-order chi connectivity index (χ0) is 14.0. The lowest BCUT2D eigenvalue weighted by Crippen LogP contribution is -2.28.